The van der Waals surface area contributed by atoms with Crippen molar-refractivity contribution in [1.82, 2.24) is 0 Å². The molecule has 2 unspecified atom stereocenters. The fraction of sp³-hybridized carbons (Fsp3) is 0.250. The minimum absolute atomic E-state index is 0.269. The highest BCUT2D eigenvalue weighted by atomic mass is 79.9. The Hall–Kier alpha value is -1.23. The van der Waals surface area contributed by atoms with Gasteiger partial charge in [-0.05, 0) is 41.8 Å². The van der Waals surface area contributed by atoms with Crippen molar-refractivity contribution in [2.45, 2.75) is 18.9 Å². The lowest BCUT2D eigenvalue weighted by atomic mass is 9.89. The van der Waals surface area contributed by atoms with Crippen LogP contribution in [-0.2, 0) is 0 Å². The van der Waals surface area contributed by atoms with Crippen molar-refractivity contribution in [2.75, 3.05) is 6.54 Å². The van der Waals surface area contributed by atoms with Crippen LogP contribution in [0.3, 0.4) is 0 Å². The largest absolute Gasteiger partial charge is 0.388 e. The first-order valence-electron chi connectivity index (χ1n) is 6.42. The number of benzene rings is 2. The number of nitrogens with two attached hydrogens (primary N) is 1. The van der Waals surface area contributed by atoms with Crippen molar-refractivity contribution >= 4 is 15.9 Å². The smallest absolute Gasteiger partial charge is 0.123 e. The third-order valence-electron chi connectivity index (χ3n) is 3.41. The van der Waals surface area contributed by atoms with Crippen molar-refractivity contribution in [3.05, 3.63) is 69.4 Å². The molecule has 2 aromatic carbocycles. The zero-order valence-corrected chi connectivity index (χ0v) is 12.8. The molecule has 20 heavy (non-hydrogen) atoms. The molecule has 3 N–H and O–H groups in total. The van der Waals surface area contributed by atoms with Crippen molar-refractivity contribution in [3.63, 3.8) is 0 Å². The highest BCUT2D eigenvalue weighted by molar-refractivity contribution is 9.10. The predicted molar refractivity (Wildman–Crippen MR) is 82.0 cm³/mol. The number of aliphatic hydroxyl groups excluding tert-OH is 1. The Balaban J connectivity index is 2.33. The minimum atomic E-state index is -0.736. The molecule has 0 heterocycles. The minimum Gasteiger partial charge on any atom is -0.388 e. The molecule has 0 amide bonds. The van der Waals surface area contributed by atoms with E-state index in [1.54, 1.807) is 12.1 Å². The van der Waals surface area contributed by atoms with Gasteiger partial charge >= 0.3 is 0 Å². The fourth-order valence-electron chi connectivity index (χ4n) is 2.25. The molecule has 4 heteroatoms. The van der Waals surface area contributed by atoms with Crippen LogP contribution < -0.4 is 5.73 Å². The van der Waals surface area contributed by atoms with Gasteiger partial charge in [-0.3, -0.25) is 0 Å². The van der Waals surface area contributed by atoms with Crippen LogP contribution in [0, 0.1) is 12.7 Å². The van der Waals surface area contributed by atoms with Crippen molar-refractivity contribution in [2.24, 2.45) is 5.73 Å². The third-order valence-corrected chi connectivity index (χ3v) is 4.09. The van der Waals surface area contributed by atoms with Gasteiger partial charge in [-0.2, -0.15) is 0 Å². The Bertz CT molecular complexity index is 586. The summed E-state index contributed by atoms with van der Waals surface area (Å²) in [6.07, 6.45) is -0.736. The molecular formula is C16H17BrFNO. The lowest BCUT2D eigenvalue weighted by Gasteiger charge is -2.23. The van der Waals surface area contributed by atoms with Gasteiger partial charge in [0.15, 0.2) is 0 Å². The Labute approximate surface area is 126 Å². The molecule has 0 radical (unpaired) electrons. The molecule has 0 aliphatic carbocycles. The quantitative estimate of drug-likeness (QED) is 0.893. The van der Waals surface area contributed by atoms with Gasteiger partial charge in [0.1, 0.15) is 5.82 Å². The van der Waals surface area contributed by atoms with Crippen LogP contribution in [0.25, 0.3) is 0 Å². The molecular weight excluding hydrogens is 321 g/mol. The topological polar surface area (TPSA) is 46.2 Å². The van der Waals surface area contributed by atoms with Crippen molar-refractivity contribution in [1.29, 1.82) is 0 Å². The second kappa shape index (κ2) is 6.48. The molecule has 2 nitrogen and oxygen atoms in total. The lowest BCUT2D eigenvalue weighted by Crippen LogP contribution is -2.20. The molecule has 0 bridgehead atoms. The van der Waals surface area contributed by atoms with E-state index in [2.05, 4.69) is 15.9 Å². The van der Waals surface area contributed by atoms with Gasteiger partial charge in [-0.15, -0.1) is 0 Å². The molecule has 0 aromatic heterocycles. The summed E-state index contributed by atoms with van der Waals surface area (Å²) in [6.45, 7) is 2.27. The average molecular weight is 338 g/mol. The van der Waals surface area contributed by atoms with Crippen LogP contribution in [0.5, 0.6) is 0 Å². The standard InChI is InChI=1S/C16H17BrFNO/c1-10-2-7-13(15(17)8-10)16(20)14(9-19)11-3-5-12(18)6-4-11/h2-8,14,16,20H,9,19H2,1H3. The van der Waals surface area contributed by atoms with Crippen LogP contribution in [0.2, 0.25) is 0 Å². The zero-order chi connectivity index (χ0) is 14.7. The number of hydrogen-bond acceptors (Lipinski definition) is 2. The number of hydrogen-bond donors (Lipinski definition) is 2. The summed E-state index contributed by atoms with van der Waals surface area (Å²) in [4.78, 5) is 0. The van der Waals surface area contributed by atoms with E-state index in [1.807, 2.05) is 25.1 Å². The SMILES string of the molecule is Cc1ccc(C(O)C(CN)c2ccc(F)cc2)c(Br)c1. The highest BCUT2D eigenvalue weighted by Crippen LogP contribution is 2.34. The summed E-state index contributed by atoms with van der Waals surface area (Å²) in [5, 5.41) is 10.6. The Morgan fingerprint density at radius 2 is 1.85 bits per heavy atom. The van der Waals surface area contributed by atoms with E-state index in [-0.39, 0.29) is 18.3 Å². The summed E-state index contributed by atoms with van der Waals surface area (Å²) in [5.74, 6) is -0.565. The highest BCUT2D eigenvalue weighted by Gasteiger charge is 2.23. The van der Waals surface area contributed by atoms with E-state index in [1.165, 1.54) is 12.1 Å². The molecule has 2 rings (SSSR count). The van der Waals surface area contributed by atoms with Crippen LogP contribution in [0.4, 0.5) is 4.39 Å². The molecule has 0 fully saturated rings. The maximum absolute atomic E-state index is 13.0. The molecule has 0 saturated carbocycles. The van der Waals surface area contributed by atoms with Gasteiger partial charge in [0.2, 0.25) is 0 Å². The Morgan fingerprint density at radius 3 is 2.40 bits per heavy atom. The predicted octanol–water partition coefficient (Wildman–Crippen LogP) is 3.67. The lowest BCUT2D eigenvalue weighted by molar-refractivity contribution is 0.146. The van der Waals surface area contributed by atoms with Gasteiger partial charge in [-0.25, -0.2) is 4.39 Å². The normalized spacial score (nSPS) is 14.1. The van der Waals surface area contributed by atoms with Crippen LogP contribution in [-0.4, -0.2) is 11.7 Å². The maximum atomic E-state index is 13.0. The molecule has 2 atom stereocenters. The van der Waals surface area contributed by atoms with Gasteiger partial charge in [0, 0.05) is 16.9 Å². The summed E-state index contributed by atoms with van der Waals surface area (Å²) >= 11 is 3.47. The molecule has 0 aliphatic rings. The monoisotopic (exact) mass is 337 g/mol. The van der Waals surface area contributed by atoms with E-state index in [9.17, 15) is 9.50 Å². The number of halogens is 2. The number of aryl methyl sites for hydroxylation is 1. The van der Waals surface area contributed by atoms with E-state index in [0.717, 1.165) is 21.2 Å². The Morgan fingerprint density at radius 1 is 1.20 bits per heavy atom. The molecule has 0 saturated heterocycles. The first-order valence-corrected chi connectivity index (χ1v) is 7.22. The van der Waals surface area contributed by atoms with Gasteiger partial charge in [-0.1, -0.05) is 40.2 Å². The molecule has 2 aromatic rings. The second-order valence-electron chi connectivity index (χ2n) is 4.86. The summed E-state index contributed by atoms with van der Waals surface area (Å²) < 4.78 is 13.8. The summed E-state index contributed by atoms with van der Waals surface area (Å²) in [7, 11) is 0. The molecule has 106 valence electrons. The van der Waals surface area contributed by atoms with Crippen molar-refractivity contribution < 1.29 is 9.50 Å². The second-order valence-corrected chi connectivity index (χ2v) is 5.72. The van der Waals surface area contributed by atoms with Crippen LogP contribution in [0.15, 0.2) is 46.9 Å². The van der Waals surface area contributed by atoms with Gasteiger partial charge in [0.25, 0.3) is 0 Å². The van der Waals surface area contributed by atoms with E-state index in [4.69, 9.17) is 5.73 Å². The van der Waals surface area contributed by atoms with E-state index < -0.39 is 6.10 Å². The Kier molecular flexibility index (Phi) is 4.91. The fourth-order valence-corrected chi connectivity index (χ4v) is 2.97. The molecule has 0 aliphatic heterocycles. The first-order chi connectivity index (χ1) is 9.52. The van der Waals surface area contributed by atoms with Gasteiger partial charge < -0.3 is 10.8 Å². The van der Waals surface area contributed by atoms with Crippen LogP contribution in [0.1, 0.15) is 28.7 Å². The average Bonchev–Trinajstić information content (AvgIpc) is 2.41. The van der Waals surface area contributed by atoms with Crippen molar-refractivity contribution in [3.8, 4) is 0 Å². The third kappa shape index (κ3) is 3.26. The van der Waals surface area contributed by atoms with E-state index in [0.29, 0.717) is 0 Å². The first kappa shape index (κ1) is 15.2. The summed E-state index contributed by atoms with van der Waals surface area (Å²) in [5.41, 5.74) is 8.52. The van der Waals surface area contributed by atoms with E-state index >= 15 is 0 Å². The maximum Gasteiger partial charge on any atom is 0.123 e. The van der Waals surface area contributed by atoms with Gasteiger partial charge in [0.05, 0.1) is 6.10 Å². The molecule has 0 spiro atoms. The number of aliphatic hydroxyl groups is 1. The number of rotatable bonds is 4. The zero-order valence-electron chi connectivity index (χ0n) is 11.2. The van der Waals surface area contributed by atoms with Crippen LogP contribution >= 0.6 is 15.9 Å². The summed E-state index contributed by atoms with van der Waals surface area (Å²) in [6, 6.07) is 11.9.